The molecule has 0 saturated heterocycles. The van der Waals surface area contributed by atoms with Crippen LogP contribution in [0.4, 0.5) is 0 Å². The van der Waals surface area contributed by atoms with E-state index < -0.39 is 12.0 Å². The number of esters is 1. The molecule has 1 aliphatic heterocycles. The summed E-state index contributed by atoms with van der Waals surface area (Å²) in [7, 11) is 0. The molecule has 5 nitrogen and oxygen atoms in total. The van der Waals surface area contributed by atoms with E-state index in [1.54, 1.807) is 41.5 Å². The molecule has 37 heavy (non-hydrogen) atoms. The largest absolute Gasteiger partial charge is 0.457 e. The van der Waals surface area contributed by atoms with Gasteiger partial charge in [0.1, 0.15) is 6.61 Å². The molecule has 0 radical (unpaired) electrons. The Balaban J connectivity index is 1.62. The molecule has 3 aromatic carbocycles. The van der Waals surface area contributed by atoms with Crippen LogP contribution in [0.15, 0.2) is 105 Å². The Labute approximate surface area is 227 Å². The van der Waals surface area contributed by atoms with Gasteiger partial charge in [-0.1, -0.05) is 77.5 Å². The van der Waals surface area contributed by atoms with Crippen LogP contribution in [0.25, 0.3) is 6.08 Å². The Morgan fingerprint density at radius 3 is 2.57 bits per heavy atom. The maximum absolute atomic E-state index is 13.7. The number of aromatic nitrogens is 1. The van der Waals surface area contributed by atoms with Crippen molar-refractivity contribution in [1.82, 2.24) is 4.57 Å². The molecule has 0 spiro atoms. The highest BCUT2D eigenvalue weighted by molar-refractivity contribution is 7.98. The van der Waals surface area contributed by atoms with Crippen molar-refractivity contribution in [3.63, 3.8) is 0 Å². The number of ether oxygens (including phenoxy) is 1. The van der Waals surface area contributed by atoms with Gasteiger partial charge in [-0.3, -0.25) is 9.36 Å². The van der Waals surface area contributed by atoms with Crippen molar-refractivity contribution in [2.24, 2.45) is 4.99 Å². The molecule has 8 heteroatoms. The molecule has 1 atom stereocenters. The first-order valence-electron chi connectivity index (χ1n) is 11.6. The Kier molecular flexibility index (Phi) is 7.46. The monoisotopic (exact) mass is 546 g/mol. The van der Waals surface area contributed by atoms with Crippen LogP contribution in [0.1, 0.15) is 29.7 Å². The quantitative estimate of drug-likeness (QED) is 0.241. The number of benzene rings is 3. The first kappa shape index (κ1) is 25.3. The Morgan fingerprint density at radius 1 is 1.11 bits per heavy atom. The number of carbonyl (C=O) groups excluding carboxylic acids is 1. The molecule has 0 N–H and O–H groups in total. The fourth-order valence-corrected chi connectivity index (χ4v) is 5.89. The second-order valence-corrected chi connectivity index (χ2v) is 10.8. The third-order valence-electron chi connectivity index (χ3n) is 6.03. The van der Waals surface area contributed by atoms with Crippen molar-refractivity contribution in [1.29, 1.82) is 0 Å². The topological polar surface area (TPSA) is 60.7 Å². The number of hydrogen-bond donors (Lipinski definition) is 0. The molecule has 186 valence electrons. The fourth-order valence-electron chi connectivity index (χ4n) is 4.23. The van der Waals surface area contributed by atoms with Crippen molar-refractivity contribution in [2.75, 3.05) is 6.26 Å². The number of hydrogen-bond acceptors (Lipinski definition) is 6. The van der Waals surface area contributed by atoms with Crippen LogP contribution >= 0.6 is 34.7 Å². The lowest BCUT2D eigenvalue weighted by molar-refractivity contribution is -0.140. The lowest BCUT2D eigenvalue weighted by Crippen LogP contribution is -2.39. The number of rotatable bonds is 6. The van der Waals surface area contributed by atoms with Gasteiger partial charge in [0.25, 0.3) is 5.56 Å². The zero-order valence-corrected chi connectivity index (χ0v) is 22.6. The number of halogens is 1. The summed E-state index contributed by atoms with van der Waals surface area (Å²) >= 11 is 9.07. The van der Waals surface area contributed by atoms with Crippen LogP contribution < -0.4 is 14.9 Å². The van der Waals surface area contributed by atoms with Gasteiger partial charge >= 0.3 is 5.97 Å². The highest BCUT2D eigenvalue weighted by atomic mass is 35.5. The van der Waals surface area contributed by atoms with E-state index in [0.717, 1.165) is 21.6 Å². The first-order valence-corrected chi connectivity index (χ1v) is 14.0. The van der Waals surface area contributed by atoms with E-state index in [0.29, 0.717) is 25.6 Å². The summed E-state index contributed by atoms with van der Waals surface area (Å²) in [6.07, 6.45) is 3.81. The van der Waals surface area contributed by atoms with E-state index in [1.165, 1.54) is 11.3 Å². The van der Waals surface area contributed by atoms with Crippen molar-refractivity contribution in [3.05, 3.63) is 132 Å². The SMILES string of the molecule is CSc1ccc(C2C(C(=O)OCc3ccccc3)=C(C)N=c3sc(=Cc4cccc(Cl)c4)c(=O)n32)cc1. The zero-order chi connectivity index (χ0) is 25.9. The Morgan fingerprint density at radius 2 is 1.86 bits per heavy atom. The van der Waals surface area contributed by atoms with E-state index in [2.05, 4.69) is 4.99 Å². The number of nitrogens with zero attached hydrogens (tertiary/aromatic N) is 2. The lowest BCUT2D eigenvalue weighted by atomic mass is 9.96. The maximum Gasteiger partial charge on any atom is 0.338 e. The fraction of sp³-hybridized carbons (Fsp3) is 0.138. The van der Waals surface area contributed by atoms with Gasteiger partial charge in [0.15, 0.2) is 4.80 Å². The highest BCUT2D eigenvalue weighted by Crippen LogP contribution is 2.32. The van der Waals surface area contributed by atoms with Gasteiger partial charge in [0, 0.05) is 9.92 Å². The average Bonchev–Trinajstić information content (AvgIpc) is 3.21. The Bertz CT molecular complexity index is 1670. The molecule has 2 heterocycles. The number of thiazole rings is 1. The molecular weight excluding hydrogens is 524 g/mol. The van der Waals surface area contributed by atoms with Crippen LogP contribution in [-0.4, -0.2) is 16.8 Å². The summed E-state index contributed by atoms with van der Waals surface area (Å²) in [5.74, 6) is -0.492. The van der Waals surface area contributed by atoms with Gasteiger partial charge in [0.2, 0.25) is 0 Å². The molecule has 0 fully saturated rings. The molecular formula is C29H23ClN2O3S2. The predicted molar refractivity (Wildman–Crippen MR) is 150 cm³/mol. The summed E-state index contributed by atoms with van der Waals surface area (Å²) in [6, 6.07) is 24.1. The minimum absolute atomic E-state index is 0.133. The van der Waals surface area contributed by atoms with E-state index in [1.807, 2.05) is 73.0 Å². The molecule has 5 rings (SSSR count). The zero-order valence-electron chi connectivity index (χ0n) is 20.2. The number of allylic oxidation sites excluding steroid dienone is 1. The minimum atomic E-state index is -0.656. The van der Waals surface area contributed by atoms with Crippen molar-refractivity contribution >= 4 is 46.7 Å². The normalized spacial score (nSPS) is 15.3. The summed E-state index contributed by atoms with van der Waals surface area (Å²) in [4.78, 5) is 33.5. The molecule has 4 aromatic rings. The van der Waals surface area contributed by atoms with E-state index in [-0.39, 0.29) is 12.2 Å². The molecule has 0 amide bonds. The van der Waals surface area contributed by atoms with Gasteiger partial charge < -0.3 is 4.74 Å². The van der Waals surface area contributed by atoms with E-state index in [9.17, 15) is 9.59 Å². The van der Waals surface area contributed by atoms with E-state index in [4.69, 9.17) is 16.3 Å². The standard InChI is InChI=1S/C29H23ClN2O3S2/c1-18-25(28(34)35-17-19-7-4-3-5-8-19)26(21-11-13-23(36-2)14-12-21)32-27(33)24(37-29(32)31-18)16-20-9-6-10-22(30)15-20/h3-16,26H,17H2,1-2H3. The maximum atomic E-state index is 13.7. The van der Waals surface area contributed by atoms with Gasteiger partial charge in [-0.25, -0.2) is 9.79 Å². The average molecular weight is 547 g/mol. The number of thioether (sulfide) groups is 1. The summed E-state index contributed by atoms with van der Waals surface area (Å²) in [5.41, 5.74) is 3.19. The third kappa shape index (κ3) is 5.34. The summed E-state index contributed by atoms with van der Waals surface area (Å²) < 4.78 is 7.82. The predicted octanol–water partition coefficient (Wildman–Crippen LogP) is 5.35. The van der Waals surface area contributed by atoms with Crippen molar-refractivity contribution < 1.29 is 9.53 Å². The molecule has 1 aliphatic rings. The third-order valence-corrected chi connectivity index (χ3v) is 7.99. The second kappa shape index (κ2) is 10.9. The summed E-state index contributed by atoms with van der Waals surface area (Å²) in [6.45, 7) is 1.92. The molecule has 0 aliphatic carbocycles. The molecule has 0 bridgehead atoms. The van der Waals surface area contributed by atoms with Gasteiger partial charge in [-0.15, -0.1) is 11.8 Å². The first-order chi connectivity index (χ1) is 17.9. The van der Waals surface area contributed by atoms with E-state index >= 15 is 0 Å². The summed E-state index contributed by atoms with van der Waals surface area (Å²) in [5, 5.41) is 0.590. The van der Waals surface area contributed by atoms with Gasteiger partial charge in [-0.2, -0.15) is 0 Å². The van der Waals surface area contributed by atoms with Crippen LogP contribution in [0.3, 0.4) is 0 Å². The molecule has 1 unspecified atom stereocenters. The van der Waals surface area contributed by atoms with Crippen molar-refractivity contribution in [2.45, 2.75) is 24.5 Å². The lowest BCUT2D eigenvalue weighted by Gasteiger charge is -2.25. The van der Waals surface area contributed by atoms with Crippen LogP contribution in [0.2, 0.25) is 5.02 Å². The van der Waals surface area contributed by atoms with Crippen LogP contribution in [0, 0.1) is 0 Å². The van der Waals surface area contributed by atoms with Gasteiger partial charge in [0.05, 0.1) is 21.8 Å². The minimum Gasteiger partial charge on any atom is -0.457 e. The Hall–Kier alpha value is -3.39. The van der Waals surface area contributed by atoms with Gasteiger partial charge in [-0.05, 0) is 60.2 Å². The van der Waals surface area contributed by atoms with Crippen LogP contribution in [0.5, 0.6) is 0 Å². The second-order valence-electron chi connectivity index (χ2n) is 8.47. The highest BCUT2D eigenvalue weighted by Gasteiger charge is 2.33. The molecule has 0 saturated carbocycles. The van der Waals surface area contributed by atoms with Crippen molar-refractivity contribution in [3.8, 4) is 0 Å². The number of fused-ring (bicyclic) bond motifs is 1. The van der Waals surface area contributed by atoms with Crippen LogP contribution in [-0.2, 0) is 16.1 Å². The molecule has 1 aromatic heterocycles. The number of carbonyl (C=O) groups is 1. The smallest absolute Gasteiger partial charge is 0.338 e.